The first kappa shape index (κ1) is 15.0. The minimum Gasteiger partial charge on any atom is -0.383 e. The third-order valence-electron chi connectivity index (χ3n) is 3.84. The number of anilines is 1. The van der Waals surface area contributed by atoms with Gasteiger partial charge in [-0.2, -0.15) is 5.26 Å². The maximum Gasteiger partial charge on any atom is 0.143 e. The summed E-state index contributed by atoms with van der Waals surface area (Å²) in [5.41, 5.74) is 2.67. The molecule has 0 radical (unpaired) electrons. The van der Waals surface area contributed by atoms with Gasteiger partial charge < -0.3 is 9.88 Å². The van der Waals surface area contributed by atoms with Gasteiger partial charge in [0.1, 0.15) is 23.3 Å². The molecule has 0 aliphatic carbocycles. The van der Waals surface area contributed by atoms with Crippen LogP contribution >= 0.6 is 0 Å². The van der Waals surface area contributed by atoms with Gasteiger partial charge in [0.05, 0.1) is 16.7 Å². The Morgan fingerprint density at radius 3 is 2.83 bits per heavy atom. The zero-order chi connectivity index (χ0) is 16.2. The van der Waals surface area contributed by atoms with Crippen LogP contribution in [0.1, 0.15) is 18.3 Å². The summed E-state index contributed by atoms with van der Waals surface area (Å²) < 4.78 is 15.8. The minimum atomic E-state index is -0.502. The standard InChI is InChI=1S/C18H17FN4/c1-2-23-17-9-4-3-7-16(17)22-18(23)10-11-21-15-8-5-6-14(19)13(15)12-20/h3-9,21H,2,10-11H2,1H3. The second kappa shape index (κ2) is 6.49. The molecule has 4 nitrogen and oxygen atoms in total. The van der Waals surface area contributed by atoms with Gasteiger partial charge in [-0.25, -0.2) is 9.37 Å². The molecule has 3 rings (SSSR count). The molecule has 0 aliphatic heterocycles. The fraction of sp³-hybridized carbons (Fsp3) is 0.222. The van der Waals surface area contributed by atoms with E-state index in [4.69, 9.17) is 5.26 Å². The van der Waals surface area contributed by atoms with E-state index in [2.05, 4.69) is 27.9 Å². The van der Waals surface area contributed by atoms with E-state index in [1.54, 1.807) is 12.1 Å². The lowest BCUT2D eigenvalue weighted by molar-refractivity contribution is 0.624. The Balaban J connectivity index is 1.77. The van der Waals surface area contributed by atoms with Gasteiger partial charge in [-0.15, -0.1) is 0 Å². The van der Waals surface area contributed by atoms with Crippen molar-refractivity contribution in [2.75, 3.05) is 11.9 Å². The number of aryl methyl sites for hydroxylation is 1. The summed E-state index contributed by atoms with van der Waals surface area (Å²) in [5.74, 6) is 0.481. The highest BCUT2D eigenvalue weighted by atomic mass is 19.1. The second-order valence-electron chi connectivity index (χ2n) is 5.21. The Bertz CT molecular complexity index is 876. The molecule has 1 aromatic heterocycles. The van der Waals surface area contributed by atoms with Crippen LogP contribution in [0.3, 0.4) is 0 Å². The Labute approximate surface area is 134 Å². The van der Waals surface area contributed by atoms with Crippen LogP contribution in [0.2, 0.25) is 0 Å². The number of fused-ring (bicyclic) bond motifs is 1. The molecule has 116 valence electrons. The molecule has 23 heavy (non-hydrogen) atoms. The van der Waals surface area contributed by atoms with Crippen molar-refractivity contribution in [1.82, 2.24) is 9.55 Å². The van der Waals surface area contributed by atoms with Crippen LogP contribution in [-0.4, -0.2) is 16.1 Å². The zero-order valence-corrected chi connectivity index (χ0v) is 12.9. The summed E-state index contributed by atoms with van der Waals surface area (Å²) in [7, 11) is 0. The molecule has 0 fully saturated rings. The Morgan fingerprint density at radius 1 is 1.22 bits per heavy atom. The van der Waals surface area contributed by atoms with E-state index in [0.29, 0.717) is 18.7 Å². The van der Waals surface area contributed by atoms with Crippen LogP contribution in [0.15, 0.2) is 42.5 Å². The van der Waals surface area contributed by atoms with E-state index in [-0.39, 0.29) is 5.56 Å². The number of nitriles is 1. The van der Waals surface area contributed by atoms with Gasteiger partial charge in [-0.05, 0) is 31.2 Å². The molecule has 0 atom stereocenters. The van der Waals surface area contributed by atoms with E-state index < -0.39 is 5.82 Å². The van der Waals surface area contributed by atoms with Crippen molar-refractivity contribution < 1.29 is 4.39 Å². The Hall–Kier alpha value is -2.87. The number of imidazole rings is 1. The average molecular weight is 308 g/mol. The van der Waals surface area contributed by atoms with Crippen LogP contribution in [0.4, 0.5) is 10.1 Å². The predicted molar refractivity (Wildman–Crippen MR) is 88.7 cm³/mol. The summed E-state index contributed by atoms with van der Waals surface area (Å²) in [5, 5.41) is 12.2. The first-order valence-electron chi connectivity index (χ1n) is 7.61. The van der Waals surface area contributed by atoms with Crippen molar-refractivity contribution in [3.63, 3.8) is 0 Å². The number of halogens is 1. The van der Waals surface area contributed by atoms with E-state index in [0.717, 1.165) is 23.4 Å². The smallest absolute Gasteiger partial charge is 0.143 e. The molecule has 0 spiro atoms. The number of hydrogen-bond acceptors (Lipinski definition) is 3. The summed E-state index contributed by atoms with van der Waals surface area (Å²) in [6.07, 6.45) is 0.698. The van der Waals surface area contributed by atoms with Crippen molar-refractivity contribution in [2.24, 2.45) is 0 Å². The molecule has 5 heteroatoms. The second-order valence-corrected chi connectivity index (χ2v) is 5.21. The van der Waals surface area contributed by atoms with Gasteiger partial charge in [0.25, 0.3) is 0 Å². The normalized spacial score (nSPS) is 10.7. The Morgan fingerprint density at radius 2 is 2.04 bits per heavy atom. The molecule has 0 saturated carbocycles. The summed E-state index contributed by atoms with van der Waals surface area (Å²) >= 11 is 0. The van der Waals surface area contributed by atoms with Crippen molar-refractivity contribution in [2.45, 2.75) is 19.9 Å². The third-order valence-corrected chi connectivity index (χ3v) is 3.84. The average Bonchev–Trinajstić information content (AvgIpc) is 2.92. The van der Waals surface area contributed by atoms with Crippen molar-refractivity contribution >= 4 is 16.7 Å². The lowest BCUT2D eigenvalue weighted by atomic mass is 10.2. The molecule has 2 aromatic carbocycles. The first-order chi connectivity index (χ1) is 11.2. The lowest BCUT2D eigenvalue weighted by Crippen LogP contribution is -2.11. The van der Waals surface area contributed by atoms with Crippen LogP contribution < -0.4 is 5.32 Å². The number of rotatable bonds is 5. The van der Waals surface area contributed by atoms with Gasteiger partial charge in [-0.3, -0.25) is 0 Å². The van der Waals surface area contributed by atoms with E-state index in [1.165, 1.54) is 6.07 Å². The molecule has 0 saturated heterocycles. The molecular formula is C18H17FN4. The van der Waals surface area contributed by atoms with Crippen molar-refractivity contribution in [3.8, 4) is 6.07 Å². The highest BCUT2D eigenvalue weighted by Crippen LogP contribution is 2.19. The third kappa shape index (κ3) is 2.88. The van der Waals surface area contributed by atoms with Gasteiger partial charge in [0, 0.05) is 19.5 Å². The number of para-hydroxylation sites is 2. The fourth-order valence-corrected chi connectivity index (χ4v) is 2.76. The van der Waals surface area contributed by atoms with Gasteiger partial charge >= 0.3 is 0 Å². The molecule has 1 heterocycles. The van der Waals surface area contributed by atoms with Crippen LogP contribution in [0.5, 0.6) is 0 Å². The topological polar surface area (TPSA) is 53.6 Å². The highest BCUT2D eigenvalue weighted by molar-refractivity contribution is 5.75. The van der Waals surface area contributed by atoms with Crippen molar-refractivity contribution in [3.05, 3.63) is 59.7 Å². The lowest BCUT2D eigenvalue weighted by Gasteiger charge is -2.09. The van der Waals surface area contributed by atoms with Gasteiger partial charge in [0.15, 0.2) is 0 Å². The molecule has 0 amide bonds. The monoisotopic (exact) mass is 308 g/mol. The van der Waals surface area contributed by atoms with E-state index in [9.17, 15) is 4.39 Å². The maximum absolute atomic E-state index is 13.6. The Kier molecular flexibility index (Phi) is 4.24. The van der Waals surface area contributed by atoms with E-state index in [1.807, 2.05) is 24.3 Å². The zero-order valence-electron chi connectivity index (χ0n) is 12.9. The molecular weight excluding hydrogens is 291 g/mol. The number of aromatic nitrogens is 2. The minimum absolute atomic E-state index is 0.0523. The van der Waals surface area contributed by atoms with Crippen LogP contribution in [0.25, 0.3) is 11.0 Å². The number of hydrogen-bond donors (Lipinski definition) is 1. The van der Waals surface area contributed by atoms with Gasteiger partial charge in [0.2, 0.25) is 0 Å². The molecule has 3 aromatic rings. The predicted octanol–water partition coefficient (Wildman–Crippen LogP) is 3.72. The number of nitrogens with one attached hydrogen (secondary N) is 1. The van der Waals surface area contributed by atoms with E-state index >= 15 is 0 Å². The molecule has 0 aliphatic rings. The molecule has 0 bridgehead atoms. The highest BCUT2D eigenvalue weighted by Gasteiger charge is 2.10. The number of benzene rings is 2. The van der Waals surface area contributed by atoms with Crippen molar-refractivity contribution in [1.29, 1.82) is 5.26 Å². The number of nitrogens with zero attached hydrogens (tertiary/aromatic N) is 3. The largest absolute Gasteiger partial charge is 0.383 e. The van der Waals surface area contributed by atoms with Crippen LogP contribution in [-0.2, 0) is 13.0 Å². The summed E-state index contributed by atoms with van der Waals surface area (Å²) in [6.45, 7) is 3.52. The molecule has 1 N–H and O–H groups in total. The SMILES string of the molecule is CCn1c(CCNc2cccc(F)c2C#N)nc2ccccc21. The quantitative estimate of drug-likeness (QED) is 0.781. The van der Waals surface area contributed by atoms with Crippen LogP contribution in [0, 0.1) is 17.1 Å². The summed E-state index contributed by atoms with van der Waals surface area (Å²) in [4.78, 5) is 4.66. The van der Waals surface area contributed by atoms with Gasteiger partial charge in [-0.1, -0.05) is 18.2 Å². The fourth-order valence-electron chi connectivity index (χ4n) is 2.76. The molecule has 0 unspecified atom stereocenters. The maximum atomic E-state index is 13.6. The first-order valence-corrected chi connectivity index (χ1v) is 7.61. The summed E-state index contributed by atoms with van der Waals surface area (Å²) in [6, 6.07) is 14.5.